The molecule has 0 fully saturated rings. The fourth-order valence-corrected chi connectivity index (χ4v) is 1.69. The van der Waals surface area contributed by atoms with Crippen molar-refractivity contribution in [2.75, 3.05) is 6.61 Å². The van der Waals surface area contributed by atoms with Crippen LogP contribution in [0.5, 0.6) is 5.75 Å². The molecule has 0 aliphatic carbocycles. The van der Waals surface area contributed by atoms with Crippen molar-refractivity contribution < 1.29 is 4.74 Å². The second-order valence-corrected chi connectivity index (χ2v) is 3.69. The van der Waals surface area contributed by atoms with Crippen molar-refractivity contribution in [1.29, 1.82) is 0 Å². The van der Waals surface area contributed by atoms with E-state index in [-0.39, 0.29) is 0 Å². The first-order valence-corrected chi connectivity index (χ1v) is 5.46. The van der Waals surface area contributed by atoms with E-state index in [9.17, 15) is 0 Å². The van der Waals surface area contributed by atoms with Crippen LogP contribution in [0, 0.1) is 6.92 Å². The van der Waals surface area contributed by atoms with E-state index in [4.69, 9.17) is 4.74 Å². The minimum atomic E-state index is 0.659. The minimum Gasteiger partial charge on any atom is -0.490 e. The lowest BCUT2D eigenvalue weighted by molar-refractivity contribution is 0.338. The van der Waals surface area contributed by atoms with Crippen molar-refractivity contribution in [2.45, 2.75) is 13.8 Å². The highest BCUT2D eigenvalue weighted by molar-refractivity contribution is 5.67. The largest absolute Gasteiger partial charge is 0.490 e. The van der Waals surface area contributed by atoms with Gasteiger partial charge in [-0.25, -0.2) is 0 Å². The third-order valence-corrected chi connectivity index (χ3v) is 2.61. The molecule has 0 saturated carbocycles. The van der Waals surface area contributed by atoms with Gasteiger partial charge in [0.05, 0.1) is 12.3 Å². The van der Waals surface area contributed by atoms with Crippen LogP contribution in [0.25, 0.3) is 11.3 Å². The van der Waals surface area contributed by atoms with Gasteiger partial charge in [0.1, 0.15) is 5.69 Å². The van der Waals surface area contributed by atoms with E-state index in [0.29, 0.717) is 6.61 Å². The predicted octanol–water partition coefficient (Wildman–Crippen LogP) is 2.79. The molecule has 2 aromatic rings. The van der Waals surface area contributed by atoms with Gasteiger partial charge in [-0.15, -0.1) is 0 Å². The summed E-state index contributed by atoms with van der Waals surface area (Å²) >= 11 is 0. The fourth-order valence-electron chi connectivity index (χ4n) is 1.69. The Labute approximate surface area is 95.7 Å². The van der Waals surface area contributed by atoms with Gasteiger partial charge in [0, 0.05) is 12.6 Å². The smallest absolute Gasteiger partial charge is 0.168 e. The SMILES string of the molecule is CCOc1c(-c2ccccc2)nn(C)c1C. The molecule has 0 saturated heterocycles. The molecule has 0 unspecified atom stereocenters. The van der Waals surface area contributed by atoms with Gasteiger partial charge in [0.15, 0.2) is 5.75 Å². The lowest BCUT2D eigenvalue weighted by Gasteiger charge is -2.04. The third-order valence-electron chi connectivity index (χ3n) is 2.61. The topological polar surface area (TPSA) is 27.1 Å². The molecular weight excluding hydrogens is 200 g/mol. The summed E-state index contributed by atoms with van der Waals surface area (Å²) in [6.45, 7) is 4.66. The van der Waals surface area contributed by atoms with Crippen molar-refractivity contribution in [3.8, 4) is 17.0 Å². The highest BCUT2D eigenvalue weighted by Crippen LogP contribution is 2.31. The standard InChI is InChI=1S/C13H16N2O/c1-4-16-13-10(2)15(3)14-12(13)11-8-6-5-7-9-11/h5-9H,4H2,1-3H3. The van der Waals surface area contributed by atoms with Crippen LogP contribution in [0.2, 0.25) is 0 Å². The molecule has 84 valence electrons. The highest BCUT2D eigenvalue weighted by Gasteiger charge is 2.15. The monoisotopic (exact) mass is 216 g/mol. The van der Waals surface area contributed by atoms with Crippen LogP contribution in [0.1, 0.15) is 12.6 Å². The van der Waals surface area contributed by atoms with Gasteiger partial charge in [-0.1, -0.05) is 30.3 Å². The van der Waals surface area contributed by atoms with E-state index in [1.165, 1.54) is 0 Å². The number of benzene rings is 1. The van der Waals surface area contributed by atoms with Gasteiger partial charge < -0.3 is 4.74 Å². The van der Waals surface area contributed by atoms with E-state index in [1.807, 2.05) is 55.9 Å². The van der Waals surface area contributed by atoms with Gasteiger partial charge in [-0.05, 0) is 13.8 Å². The Balaban J connectivity index is 2.52. The molecule has 1 heterocycles. The van der Waals surface area contributed by atoms with Crippen molar-refractivity contribution in [3.63, 3.8) is 0 Å². The number of nitrogens with zero attached hydrogens (tertiary/aromatic N) is 2. The number of aryl methyl sites for hydroxylation is 1. The highest BCUT2D eigenvalue weighted by atomic mass is 16.5. The van der Waals surface area contributed by atoms with Gasteiger partial charge in [-0.2, -0.15) is 5.10 Å². The molecule has 3 heteroatoms. The molecule has 0 spiro atoms. The first-order chi connectivity index (χ1) is 7.74. The van der Waals surface area contributed by atoms with Gasteiger partial charge in [0.25, 0.3) is 0 Å². The Bertz CT molecular complexity index is 474. The molecule has 0 radical (unpaired) electrons. The molecule has 0 bridgehead atoms. The summed E-state index contributed by atoms with van der Waals surface area (Å²) in [6, 6.07) is 10.1. The molecule has 2 rings (SSSR count). The van der Waals surface area contributed by atoms with Crippen molar-refractivity contribution in [1.82, 2.24) is 9.78 Å². The predicted molar refractivity (Wildman–Crippen MR) is 64.6 cm³/mol. The lowest BCUT2D eigenvalue weighted by atomic mass is 10.1. The number of rotatable bonds is 3. The normalized spacial score (nSPS) is 10.4. The van der Waals surface area contributed by atoms with Crippen LogP contribution in [0.4, 0.5) is 0 Å². The van der Waals surface area contributed by atoms with E-state index >= 15 is 0 Å². The molecule has 3 nitrogen and oxygen atoms in total. The van der Waals surface area contributed by atoms with Crippen molar-refractivity contribution in [2.24, 2.45) is 7.05 Å². The van der Waals surface area contributed by atoms with E-state index < -0.39 is 0 Å². The first kappa shape index (κ1) is 10.7. The lowest BCUT2D eigenvalue weighted by Crippen LogP contribution is -1.95. The molecule has 1 aromatic heterocycles. The Hall–Kier alpha value is -1.77. The summed E-state index contributed by atoms with van der Waals surface area (Å²) in [5.74, 6) is 0.885. The maximum Gasteiger partial charge on any atom is 0.168 e. The van der Waals surface area contributed by atoms with Crippen LogP contribution >= 0.6 is 0 Å². The van der Waals surface area contributed by atoms with Gasteiger partial charge in [-0.3, -0.25) is 4.68 Å². The van der Waals surface area contributed by atoms with Crippen molar-refractivity contribution in [3.05, 3.63) is 36.0 Å². The Kier molecular flexibility index (Phi) is 2.95. The molecule has 0 aliphatic heterocycles. The summed E-state index contributed by atoms with van der Waals surface area (Å²) < 4.78 is 7.51. The van der Waals surface area contributed by atoms with E-state index in [0.717, 1.165) is 22.7 Å². The zero-order valence-corrected chi connectivity index (χ0v) is 9.90. The fraction of sp³-hybridized carbons (Fsp3) is 0.308. The molecule has 0 atom stereocenters. The molecule has 0 aliphatic rings. The summed E-state index contributed by atoms with van der Waals surface area (Å²) in [6.07, 6.45) is 0. The maximum absolute atomic E-state index is 5.66. The van der Waals surface area contributed by atoms with E-state index in [1.54, 1.807) is 0 Å². The molecule has 0 N–H and O–H groups in total. The number of hydrogen-bond donors (Lipinski definition) is 0. The maximum atomic E-state index is 5.66. The summed E-state index contributed by atoms with van der Waals surface area (Å²) in [5, 5.41) is 4.49. The van der Waals surface area contributed by atoms with Crippen molar-refractivity contribution >= 4 is 0 Å². The molecule has 0 amide bonds. The quantitative estimate of drug-likeness (QED) is 0.788. The van der Waals surface area contributed by atoms with E-state index in [2.05, 4.69) is 5.10 Å². The summed E-state index contributed by atoms with van der Waals surface area (Å²) in [7, 11) is 1.93. The van der Waals surface area contributed by atoms with Crippen LogP contribution in [-0.4, -0.2) is 16.4 Å². The second kappa shape index (κ2) is 4.39. The second-order valence-electron chi connectivity index (χ2n) is 3.69. The molecule has 16 heavy (non-hydrogen) atoms. The molecule has 1 aromatic carbocycles. The Morgan fingerprint density at radius 2 is 1.94 bits per heavy atom. The Morgan fingerprint density at radius 3 is 2.56 bits per heavy atom. The van der Waals surface area contributed by atoms with Crippen LogP contribution in [0.15, 0.2) is 30.3 Å². The van der Waals surface area contributed by atoms with Gasteiger partial charge in [0.2, 0.25) is 0 Å². The number of aromatic nitrogens is 2. The third kappa shape index (κ3) is 1.81. The van der Waals surface area contributed by atoms with Gasteiger partial charge >= 0.3 is 0 Å². The average molecular weight is 216 g/mol. The number of ether oxygens (including phenoxy) is 1. The first-order valence-electron chi connectivity index (χ1n) is 5.46. The zero-order chi connectivity index (χ0) is 11.5. The summed E-state index contributed by atoms with van der Waals surface area (Å²) in [5.41, 5.74) is 3.07. The van der Waals surface area contributed by atoms with Crippen LogP contribution in [0.3, 0.4) is 0 Å². The molecular formula is C13H16N2O. The number of hydrogen-bond acceptors (Lipinski definition) is 2. The van der Waals surface area contributed by atoms with Crippen LogP contribution < -0.4 is 4.74 Å². The minimum absolute atomic E-state index is 0.659. The zero-order valence-electron chi connectivity index (χ0n) is 9.90. The average Bonchev–Trinajstić information content (AvgIpc) is 2.59. The van der Waals surface area contributed by atoms with Crippen LogP contribution in [-0.2, 0) is 7.05 Å². The Morgan fingerprint density at radius 1 is 1.25 bits per heavy atom. The summed E-state index contributed by atoms with van der Waals surface area (Å²) in [4.78, 5) is 0.